The summed E-state index contributed by atoms with van der Waals surface area (Å²) in [6, 6.07) is 18.2. The summed E-state index contributed by atoms with van der Waals surface area (Å²) >= 11 is 1.42. The van der Waals surface area contributed by atoms with E-state index in [4.69, 9.17) is 4.74 Å². The third-order valence-corrected chi connectivity index (χ3v) is 5.16. The number of carbonyl (C=O) groups excluding carboxylic acids is 2. The maximum absolute atomic E-state index is 13.3. The molecule has 0 saturated heterocycles. The number of carbonyl (C=O) groups is 2. The fraction of sp³-hybridized carbons (Fsp3) is 0.0909. The second-order valence-corrected chi connectivity index (χ2v) is 7.48. The predicted molar refractivity (Wildman–Crippen MR) is 115 cm³/mol. The molecule has 0 aliphatic rings. The molecule has 1 atom stereocenters. The van der Waals surface area contributed by atoms with E-state index in [2.05, 4.69) is 15.4 Å². The number of rotatable bonds is 6. The quantitative estimate of drug-likeness (QED) is 0.455. The first-order valence-corrected chi connectivity index (χ1v) is 10.2. The van der Waals surface area contributed by atoms with Crippen molar-refractivity contribution >= 4 is 28.9 Å². The monoisotopic (exact) mass is 436 g/mol. The molecule has 2 aromatic carbocycles. The van der Waals surface area contributed by atoms with Crippen LogP contribution in [0.5, 0.6) is 0 Å². The Morgan fingerprint density at radius 1 is 1.06 bits per heavy atom. The van der Waals surface area contributed by atoms with Gasteiger partial charge in [0.2, 0.25) is 0 Å². The molecular weight excluding hydrogens is 419 g/mol. The zero-order valence-corrected chi connectivity index (χ0v) is 17.2. The zero-order chi connectivity index (χ0) is 21.8. The molecule has 0 aliphatic heterocycles. The highest BCUT2D eigenvalue weighted by atomic mass is 32.1. The van der Waals surface area contributed by atoms with Crippen LogP contribution in [0.25, 0.3) is 16.4 Å². The molecule has 0 aliphatic carbocycles. The van der Waals surface area contributed by atoms with E-state index < -0.39 is 18.0 Å². The summed E-state index contributed by atoms with van der Waals surface area (Å²) < 4.78 is 20.0. The molecule has 156 valence electrons. The van der Waals surface area contributed by atoms with Crippen molar-refractivity contribution in [3.05, 3.63) is 83.8 Å². The summed E-state index contributed by atoms with van der Waals surface area (Å²) in [6.45, 7) is 1.47. The number of esters is 1. The van der Waals surface area contributed by atoms with Crippen LogP contribution in [0.15, 0.2) is 72.1 Å². The Balaban J connectivity index is 1.56. The Morgan fingerprint density at radius 2 is 1.81 bits per heavy atom. The van der Waals surface area contributed by atoms with Crippen LogP contribution in [0.4, 0.5) is 10.1 Å². The maximum Gasteiger partial charge on any atom is 0.379 e. The van der Waals surface area contributed by atoms with Crippen LogP contribution in [-0.2, 0) is 9.53 Å². The number of hydrogen-bond acceptors (Lipinski definition) is 6. The number of amides is 1. The normalized spacial score (nSPS) is 11.7. The van der Waals surface area contributed by atoms with Gasteiger partial charge in [0.15, 0.2) is 11.9 Å². The first-order valence-electron chi connectivity index (χ1n) is 9.35. The maximum atomic E-state index is 13.3. The molecule has 0 fully saturated rings. The van der Waals surface area contributed by atoms with Crippen LogP contribution >= 0.6 is 11.3 Å². The number of nitrogens with zero attached hydrogens (tertiary/aromatic N) is 3. The van der Waals surface area contributed by atoms with Crippen molar-refractivity contribution in [2.45, 2.75) is 13.0 Å². The van der Waals surface area contributed by atoms with Gasteiger partial charge in [-0.1, -0.05) is 24.3 Å². The SMILES string of the molecule is CC(OC(=O)c1nc(-c2cccs2)n(-c2ccc(F)cc2)n1)C(=O)Nc1ccccc1. The minimum absolute atomic E-state index is 0.202. The van der Waals surface area contributed by atoms with Gasteiger partial charge in [-0.15, -0.1) is 16.4 Å². The topological polar surface area (TPSA) is 86.1 Å². The summed E-state index contributed by atoms with van der Waals surface area (Å²) in [4.78, 5) is 30.0. The van der Waals surface area contributed by atoms with Crippen molar-refractivity contribution in [2.24, 2.45) is 0 Å². The molecule has 1 N–H and O–H groups in total. The molecule has 0 saturated carbocycles. The second-order valence-electron chi connectivity index (χ2n) is 6.53. The fourth-order valence-corrected chi connectivity index (χ4v) is 3.46. The molecule has 31 heavy (non-hydrogen) atoms. The van der Waals surface area contributed by atoms with Crippen LogP contribution in [-0.4, -0.2) is 32.7 Å². The number of para-hydroxylation sites is 1. The second kappa shape index (κ2) is 8.88. The molecule has 0 bridgehead atoms. The van der Waals surface area contributed by atoms with Crippen LogP contribution < -0.4 is 5.32 Å². The van der Waals surface area contributed by atoms with Crippen molar-refractivity contribution in [3.63, 3.8) is 0 Å². The molecule has 1 unspecified atom stereocenters. The van der Waals surface area contributed by atoms with Crippen molar-refractivity contribution < 1.29 is 18.7 Å². The van der Waals surface area contributed by atoms with Gasteiger partial charge in [-0.3, -0.25) is 4.79 Å². The summed E-state index contributed by atoms with van der Waals surface area (Å²) in [7, 11) is 0. The summed E-state index contributed by atoms with van der Waals surface area (Å²) in [5, 5.41) is 8.79. The third-order valence-electron chi connectivity index (χ3n) is 4.30. The average molecular weight is 436 g/mol. The molecule has 4 rings (SSSR count). The molecule has 2 aromatic heterocycles. The molecule has 4 aromatic rings. The zero-order valence-electron chi connectivity index (χ0n) is 16.4. The highest BCUT2D eigenvalue weighted by Gasteiger charge is 2.24. The Kier molecular flexibility index (Phi) is 5.85. The summed E-state index contributed by atoms with van der Waals surface area (Å²) in [5.74, 6) is -1.49. The average Bonchev–Trinajstić information content (AvgIpc) is 3.45. The van der Waals surface area contributed by atoms with Gasteiger partial charge in [0.1, 0.15) is 5.82 Å². The molecule has 9 heteroatoms. The van der Waals surface area contributed by atoms with Gasteiger partial charge in [-0.05, 0) is 54.8 Å². The number of hydrogen-bond donors (Lipinski definition) is 1. The lowest BCUT2D eigenvalue weighted by molar-refractivity contribution is -0.123. The van der Waals surface area contributed by atoms with Crippen molar-refractivity contribution in [3.8, 4) is 16.4 Å². The Hall–Kier alpha value is -3.85. The lowest BCUT2D eigenvalue weighted by Gasteiger charge is -2.12. The standard InChI is InChI=1S/C22H17FN4O3S/c1-14(21(28)24-16-6-3-2-4-7-16)30-22(29)19-25-20(18-8-5-13-31-18)27(26-19)17-11-9-15(23)10-12-17/h2-14H,1H3,(H,24,28). The van der Waals surface area contributed by atoms with Crippen LogP contribution in [0.1, 0.15) is 17.5 Å². The third kappa shape index (κ3) is 4.67. The van der Waals surface area contributed by atoms with E-state index >= 15 is 0 Å². The minimum atomic E-state index is -1.06. The van der Waals surface area contributed by atoms with Crippen molar-refractivity contribution in [2.75, 3.05) is 5.32 Å². The van der Waals surface area contributed by atoms with E-state index in [0.29, 0.717) is 17.2 Å². The van der Waals surface area contributed by atoms with Crippen LogP contribution in [0.2, 0.25) is 0 Å². The summed E-state index contributed by atoms with van der Waals surface area (Å²) in [6.07, 6.45) is -1.06. The molecule has 0 radical (unpaired) electrons. The molecule has 7 nitrogen and oxygen atoms in total. The van der Waals surface area contributed by atoms with Crippen molar-refractivity contribution in [1.82, 2.24) is 14.8 Å². The van der Waals surface area contributed by atoms with E-state index in [1.54, 1.807) is 24.3 Å². The van der Waals surface area contributed by atoms with Gasteiger partial charge in [0.25, 0.3) is 11.7 Å². The lowest BCUT2D eigenvalue weighted by Crippen LogP contribution is -2.30. The highest BCUT2D eigenvalue weighted by molar-refractivity contribution is 7.13. The lowest BCUT2D eigenvalue weighted by atomic mass is 10.3. The highest BCUT2D eigenvalue weighted by Crippen LogP contribution is 2.26. The van der Waals surface area contributed by atoms with Crippen LogP contribution in [0.3, 0.4) is 0 Å². The predicted octanol–water partition coefficient (Wildman–Crippen LogP) is 4.32. The minimum Gasteiger partial charge on any atom is -0.447 e. The largest absolute Gasteiger partial charge is 0.447 e. The fourth-order valence-electron chi connectivity index (χ4n) is 2.76. The van der Waals surface area contributed by atoms with Gasteiger partial charge >= 0.3 is 5.97 Å². The first kappa shape index (κ1) is 20.4. The molecule has 1 amide bonds. The number of halogens is 1. The smallest absolute Gasteiger partial charge is 0.379 e. The van der Waals surface area contributed by atoms with E-state index in [-0.39, 0.29) is 11.6 Å². The van der Waals surface area contributed by atoms with E-state index in [9.17, 15) is 14.0 Å². The Labute approximate surface area is 181 Å². The number of thiophene rings is 1. The number of aromatic nitrogens is 3. The molecular formula is C22H17FN4O3S. The first-order chi connectivity index (χ1) is 15.0. The number of benzene rings is 2. The summed E-state index contributed by atoms with van der Waals surface area (Å²) in [5.41, 5.74) is 1.13. The Morgan fingerprint density at radius 3 is 2.48 bits per heavy atom. The van der Waals surface area contributed by atoms with Gasteiger partial charge in [-0.25, -0.2) is 13.9 Å². The number of nitrogens with one attached hydrogen (secondary N) is 1. The van der Waals surface area contributed by atoms with Gasteiger partial charge < -0.3 is 10.1 Å². The van der Waals surface area contributed by atoms with Gasteiger partial charge in [0, 0.05) is 5.69 Å². The van der Waals surface area contributed by atoms with E-state index in [1.807, 2.05) is 23.6 Å². The molecule has 2 heterocycles. The van der Waals surface area contributed by atoms with Crippen molar-refractivity contribution in [1.29, 1.82) is 0 Å². The Bertz CT molecular complexity index is 1190. The van der Waals surface area contributed by atoms with Crippen LogP contribution in [0, 0.1) is 5.82 Å². The van der Waals surface area contributed by atoms with E-state index in [1.165, 1.54) is 47.2 Å². The van der Waals surface area contributed by atoms with E-state index in [0.717, 1.165) is 4.88 Å². The van der Waals surface area contributed by atoms with Gasteiger partial charge in [0.05, 0.1) is 10.6 Å². The molecule has 0 spiro atoms. The number of ether oxygens (including phenoxy) is 1. The number of anilines is 1. The van der Waals surface area contributed by atoms with Gasteiger partial charge in [-0.2, -0.15) is 4.98 Å².